The molecule has 0 unspecified atom stereocenters. The standard InChI is InChI=1S/C17H18N6O2/c1-10-7-15(21-16-8-11(2)25-23-16)22-17(18-10)20-14-6-4-5-13(9-14)19-12(3)24/h4-9H,1-3H3,(H,19,24)(H2,18,20,21,22,23). The van der Waals surface area contributed by atoms with Crippen molar-refractivity contribution in [3.05, 3.63) is 47.9 Å². The van der Waals surface area contributed by atoms with Crippen LogP contribution in [0.5, 0.6) is 0 Å². The summed E-state index contributed by atoms with van der Waals surface area (Å²) in [5, 5.41) is 12.8. The molecule has 0 atom stereocenters. The number of aryl methyl sites for hydroxylation is 2. The lowest BCUT2D eigenvalue weighted by atomic mass is 10.2. The molecule has 2 heterocycles. The highest BCUT2D eigenvalue weighted by Gasteiger charge is 2.06. The van der Waals surface area contributed by atoms with Crippen molar-refractivity contribution in [1.29, 1.82) is 0 Å². The van der Waals surface area contributed by atoms with E-state index in [1.807, 2.05) is 38.1 Å². The fraction of sp³-hybridized carbons (Fsp3) is 0.176. The fourth-order valence-electron chi connectivity index (χ4n) is 2.25. The smallest absolute Gasteiger partial charge is 0.229 e. The maximum Gasteiger partial charge on any atom is 0.229 e. The molecule has 3 N–H and O–H groups in total. The molecule has 0 aliphatic rings. The first-order chi connectivity index (χ1) is 12.0. The molecule has 1 aromatic carbocycles. The number of nitrogens with one attached hydrogen (secondary N) is 3. The SMILES string of the molecule is CC(=O)Nc1cccc(Nc2nc(C)cc(Nc3cc(C)on3)n2)c1. The Morgan fingerprint density at radius 3 is 2.52 bits per heavy atom. The first-order valence-corrected chi connectivity index (χ1v) is 7.68. The van der Waals surface area contributed by atoms with Crippen LogP contribution in [0.4, 0.5) is 29.0 Å². The molecule has 0 radical (unpaired) electrons. The molecule has 0 aliphatic carbocycles. The summed E-state index contributed by atoms with van der Waals surface area (Å²) in [4.78, 5) is 20.0. The van der Waals surface area contributed by atoms with Gasteiger partial charge in [0.15, 0.2) is 5.82 Å². The number of hydrogen-bond donors (Lipinski definition) is 3. The Morgan fingerprint density at radius 1 is 1.00 bits per heavy atom. The molecule has 8 nitrogen and oxygen atoms in total. The number of nitrogens with zero attached hydrogens (tertiary/aromatic N) is 3. The number of aromatic nitrogens is 3. The molecule has 8 heteroatoms. The van der Waals surface area contributed by atoms with Crippen LogP contribution in [0.1, 0.15) is 18.4 Å². The van der Waals surface area contributed by atoms with Gasteiger partial charge >= 0.3 is 0 Å². The molecule has 0 spiro atoms. The summed E-state index contributed by atoms with van der Waals surface area (Å²) in [7, 11) is 0. The van der Waals surface area contributed by atoms with Gasteiger partial charge in [0.05, 0.1) is 0 Å². The Kier molecular flexibility index (Phi) is 4.60. The van der Waals surface area contributed by atoms with Gasteiger partial charge in [0.25, 0.3) is 0 Å². The zero-order valence-corrected chi connectivity index (χ0v) is 14.1. The van der Waals surface area contributed by atoms with Gasteiger partial charge in [-0.15, -0.1) is 0 Å². The third kappa shape index (κ3) is 4.54. The zero-order chi connectivity index (χ0) is 17.8. The molecule has 0 bridgehead atoms. The number of anilines is 5. The molecule has 128 valence electrons. The van der Waals surface area contributed by atoms with E-state index in [0.717, 1.165) is 11.4 Å². The van der Waals surface area contributed by atoms with Crippen molar-refractivity contribution in [3.63, 3.8) is 0 Å². The Labute approximate surface area is 144 Å². The second-order valence-corrected chi connectivity index (χ2v) is 5.55. The van der Waals surface area contributed by atoms with Crippen LogP contribution < -0.4 is 16.0 Å². The fourth-order valence-corrected chi connectivity index (χ4v) is 2.25. The van der Waals surface area contributed by atoms with Crippen LogP contribution in [0.15, 0.2) is 40.9 Å². The third-order valence-corrected chi connectivity index (χ3v) is 3.18. The molecule has 0 saturated heterocycles. The molecule has 0 saturated carbocycles. The van der Waals surface area contributed by atoms with Crippen molar-refractivity contribution in [1.82, 2.24) is 15.1 Å². The number of carbonyl (C=O) groups is 1. The predicted octanol–water partition coefficient (Wildman–Crippen LogP) is 3.53. The number of benzene rings is 1. The van der Waals surface area contributed by atoms with Crippen molar-refractivity contribution >= 4 is 34.9 Å². The number of amides is 1. The minimum absolute atomic E-state index is 0.127. The highest BCUT2D eigenvalue weighted by atomic mass is 16.5. The highest BCUT2D eigenvalue weighted by molar-refractivity contribution is 5.89. The van der Waals surface area contributed by atoms with E-state index in [2.05, 4.69) is 31.1 Å². The van der Waals surface area contributed by atoms with E-state index in [-0.39, 0.29) is 5.91 Å². The third-order valence-electron chi connectivity index (χ3n) is 3.18. The summed E-state index contributed by atoms with van der Waals surface area (Å²) < 4.78 is 5.03. The van der Waals surface area contributed by atoms with E-state index in [0.29, 0.717) is 29.0 Å². The van der Waals surface area contributed by atoms with Crippen LogP contribution in [0.3, 0.4) is 0 Å². The minimum atomic E-state index is -0.127. The average molecular weight is 338 g/mol. The molecule has 0 aliphatic heterocycles. The van der Waals surface area contributed by atoms with Crippen molar-refractivity contribution in [3.8, 4) is 0 Å². The number of carbonyl (C=O) groups excluding carboxylic acids is 1. The Hall–Kier alpha value is -3.42. The van der Waals surface area contributed by atoms with Gasteiger partial charge in [-0.2, -0.15) is 4.98 Å². The predicted molar refractivity (Wildman–Crippen MR) is 95.3 cm³/mol. The Morgan fingerprint density at radius 2 is 1.80 bits per heavy atom. The van der Waals surface area contributed by atoms with Crippen molar-refractivity contribution in [2.24, 2.45) is 0 Å². The normalized spacial score (nSPS) is 10.4. The summed E-state index contributed by atoms with van der Waals surface area (Å²) in [5.74, 6) is 2.19. The van der Waals surface area contributed by atoms with Crippen LogP contribution in [0.2, 0.25) is 0 Å². The largest absolute Gasteiger partial charge is 0.360 e. The van der Waals surface area contributed by atoms with Gasteiger partial charge in [-0.25, -0.2) is 4.98 Å². The first kappa shape index (κ1) is 16.4. The molecule has 1 amide bonds. The zero-order valence-electron chi connectivity index (χ0n) is 14.1. The van der Waals surface area contributed by atoms with Crippen LogP contribution in [-0.2, 0) is 4.79 Å². The van der Waals surface area contributed by atoms with E-state index in [1.165, 1.54) is 6.92 Å². The van der Waals surface area contributed by atoms with E-state index < -0.39 is 0 Å². The second-order valence-electron chi connectivity index (χ2n) is 5.55. The first-order valence-electron chi connectivity index (χ1n) is 7.68. The summed E-state index contributed by atoms with van der Waals surface area (Å²) >= 11 is 0. The summed E-state index contributed by atoms with van der Waals surface area (Å²) in [6, 6.07) is 10.9. The Bertz CT molecular complexity index is 906. The summed E-state index contributed by atoms with van der Waals surface area (Å²) in [5.41, 5.74) is 2.25. The molecular formula is C17H18N6O2. The van der Waals surface area contributed by atoms with Crippen molar-refractivity contribution in [2.75, 3.05) is 16.0 Å². The highest BCUT2D eigenvalue weighted by Crippen LogP contribution is 2.21. The van der Waals surface area contributed by atoms with Gasteiger partial charge in [0.2, 0.25) is 11.9 Å². The average Bonchev–Trinajstić information content (AvgIpc) is 2.91. The monoisotopic (exact) mass is 338 g/mol. The summed E-state index contributed by atoms with van der Waals surface area (Å²) in [6.07, 6.45) is 0. The Balaban J connectivity index is 1.79. The molecule has 25 heavy (non-hydrogen) atoms. The second kappa shape index (κ2) is 7.00. The van der Waals surface area contributed by atoms with Crippen molar-refractivity contribution < 1.29 is 9.32 Å². The molecular weight excluding hydrogens is 320 g/mol. The van der Waals surface area contributed by atoms with Crippen LogP contribution in [0, 0.1) is 13.8 Å². The molecule has 3 aromatic rings. The maximum atomic E-state index is 11.2. The topological polar surface area (TPSA) is 105 Å². The maximum absolute atomic E-state index is 11.2. The summed E-state index contributed by atoms with van der Waals surface area (Å²) in [6.45, 7) is 5.16. The van der Waals surface area contributed by atoms with E-state index in [1.54, 1.807) is 12.1 Å². The van der Waals surface area contributed by atoms with E-state index in [4.69, 9.17) is 4.52 Å². The van der Waals surface area contributed by atoms with Crippen LogP contribution in [0.25, 0.3) is 0 Å². The van der Waals surface area contributed by atoms with Crippen LogP contribution >= 0.6 is 0 Å². The van der Waals surface area contributed by atoms with Gasteiger partial charge in [0.1, 0.15) is 11.6 Å². The van der Waals surface area contributed by atoms with Gasteiger partial charge in [-0.05, 0) is 32.0 Å². The lowest BCUT2D eigenvalue weighted by Crippen LogP contribution is -2.06. The van der Waals surface area contributed by atoms with Gasteiger partial charge < -0.3 is 20.5 Å². The lowest BCUT2D eigenvalue weighted by molar-refractivity contribution is -0.114. The number of hydrogen-bond acceptors (Lipinski definition) is 7. The van der Waals surface area contributed by atoms with Gasteiger partial charge in [-0.3, -0.25) is 4.79 Å². The van der Waals surface area contributed by atoms with Gasteiger partial charge in [-0.1, -0.05) is 11.2 Å². The number of rotatable bonds is 5. The van der Waals surface area contributed by atoms with Crippen LogP contribution in [-0.4, -0.2) is 21.0 Å². The quantitative estimate of drug-likeness (QED) is 0.653. The molecule has 2 aromatic heterocycles. The van der Waals surface area contributed by atoms with E-state index >= 15 is 0 Å². The van der Waals surface area contributed by atoms with Crippen molar-refractivity contribution in [2.45, 2.75) is 20.8 Å². The molecule has 3 rings (SSSR count). The minimum Gasteiger partial charge on any atom is -0.360 e. The van der Waals surface area contributed by atoms with E-state index in [9.17, 15) is 4.79 Å². The molecule has 0 fully saturated rings. The van der Waals surface area contributed by atoms with Gasteiger partial charge in [0, 0.05) is 36.1 Å². The lowest BCUT2D eigenvalue weighted by Gasteiger charge is -2.10.